The molecule has 5 nitrogen and oxygen atoms in total. The first kappa shape index (κ1) is 13.7. The lowest BCUT2D eigenvalue weighted by molar-refractivity contribution is 0.102. The largest absolute Gasteiger partial charge is 0.296 e. The quantitative estimate of drug-likeness (QED) is 0.803. The number of carbonyl (C=O) groups excluding carboxylic acids is 1. The highest BCUT2D eigenvalue weighted by molar-refractivity contribution is 7.14. The van der Waals surface area contributed by atoms with Crippen molar-refractivity contribution in [3.05, 3.63) is 59.0 Å². The summed E-state index contributed by atoms with van der Waals surface area (Å²) >= 11 is 7.18. The van der Waals surface area contributed by atoms with E-state index >= 15 is 0 Å². The Labute approximate surface area is 129 Å². The van der Waals surface area contributed by atoms with Crippen molar-refractivity contribution in [3.63, 3.8) is 0 Å². The monoisotopic (exact) mass is 316 g/mol. The summed E-state index contributed by atoms with van der Waals surface area (Å²) in [6.45, 7) is 0. The number of amides is 1. The van der Waals surface area contributed by atoms with E-state index in [1.54, 1.807) is 18.5 Å². The highest BCUT2D eigenvalue weighted by Crippen LogP contribution is 2.24. The number of anilines is 1. The fourth-order valence-electron chi connectivity index (χ4n) is 1.67. The van der Waals surface area contributed by atoms with E-state index in [-0.39, 0.29) is 11.6 Å². The van der Waals surface area contributed by atoms with E-state index in [0.717, 1.165) is 11.3 Å². The molecule has 0 aliphatic heterocycles. The summed E-state index contributed by atoms with van der Waals surface area (Å²) in [5.74, 6) is -0.343. The van der Waals surface area contributed by atoms with E-state index in [1.807, 2.05) is 17.5 Å². The number of nitrogens with zero attached hydrogens (tertiary/aromatic N) is 3. The van der Waals surface area contributed by atoms with E-state index in [0.29, 0.717) is 10.2 Å². The summed E-state index contributed by atoms with van der Waals surface area (Å²) in [5.41, 5.74) is 1.92. The van der Waals surface area contributed by atoms with Gasteiger partial charge in [-0.2, -0.15) is 0 Å². The topological polar surface area (TPSA) is 67.8 Å². The molecule has 0 aliphatic rings. The number of pyridine rings is 2. The Kier molecular flexibility index (Phi) is 3.89. The van der Waals surface area contributed by atoms with Gasteiger partial charge in [0, 0.05) is 34.6 Å². The van der Waals surface area contributed by atoms with Crippen LogP contribution in [0.4, 0.5) is 5.13 Å². The first-order chi connectivity index (χ1) is 10.2. The molecule has 7 heteroatoms. The van der Waals surface area contributed by atoms with Crippen LogP contribution >= 0.6 is 22.9 Å². The van der Waals surface area contributed by atoms with Gasteiger partial charge in [0.25, 0.3) is 5.91 Å². The lowest BCUT2D eigenvalue weighted by Crippen LogP contribution is -2.13. The Balaban J connectivity index is 1.77. The van der Waals surface area contributed by atoms with Crippen LogP contribution in [-0.2, 0) is 0 Å². The van der Waals surface area contributed by atoms with E-state index < -0.39 is 0 Å². The highest BCUT2D eigenvalue weighted by Gasteiger charge is 2.11. The second-order valence-corrected chi connectivity index (χ2v) is 5.39. The zero-order valence-corrected chi connectivity index (χ0v) is 12.2. The van der Waals surface area contributed by atoms with Crippen LogP contribution in [0.2, 0.25) is 5.02 Å². The van der Waals surface area contributed by atoms with Gasteiger partial charge in [0.1, 0.15) is 5.69 Å². The molecule has 0 aromatic carbocycles. The van der Waals surface area contributed by atoms with E-state index in [2.05, 4.69) is 20.3 Å². The van der Waals surface area contributed by atoms with E-state index in [1.165, 1.54) is 23.6 Å². The van der Waals surface area contributed by atoms with Gasteiger partial charge in [-0.25, -0.2) is 4.98 Å². The molecule has 0 saturated heterocycles. The van der Waals surface area contributed by atoms with Gasteiger partial charge < -0.3 is 0 Å². The smallest absolute Gasteiger partial charge is 0.276 e. The first-order valence-corrected chi connectivity index (χ1v) is 7.27. The summed E-state index contributed by atoms with van der Waals surface area (Å²) < 4.78 is 0. The molecule has 104 valence electrons. The van der Waals surface area contributed by atoms with Crippen LogP contribution in [0.25, 0.3) is 11.3 Å². The number of hydrogen-bond acceptors (Lipinski definition) is 5. The third kappa shape index (κ3) is 3.24. The molecule has 0 spiro atoms. The van der Waals surface area contributed by atoms with E-state index in [9.17, 15) is 4.79 Å². The molecular weight excluding hydrogens is 308 g/mol. The summed E-state index contributed by atoms with van der Waals surface area (Å²) in [6, 6.07) is 6.86. The van der Waals surface area contributed by atoms with Gasteiger partial charge in [-0.05, 0) is 24.3 Å². The van der Waals surface area contributed by atoms with Crippen LogP contribution in [0, 0.1) is 0 Å². The van der Waals surface area contributed by atoms with Crippen LogP contribution in [-0.4, -0.2) is 20.9 Å². The van der Waals surface area contributed by atoms with Crippen molar-refractivity contribution in [3.8, 4) is 11.3 Å². The Morgan fingerprint density at radius 2 is 2.19 bits per heavy atom. The molecule has 3 rings (SSSR count). The third-order valence-corrected chi connectivity index (χ3v) is 3.63. The molecule has 0 bridgehead atoms. The zero-order chi connectivity index (χ0) is 14.7. The van der Waals surface area contributed by atoms with Crippen molar-refractivity contribution in [1.82, 2.24) is 15.0 Å². The molecule has 0 atom stereocenters. The minimum absolute atomic E-state index is 0.251. The van der Waals surface area contributed by atoms with Gasteiger partial charge in [0.2, 0.25) is 0 Å². The van der Waals surface area contributed by atoms with Crippen molar-refractivity contribution < 1.29 is 4.79 Å². The molecule has 0 radical (unpaired) electrons. The Hall–Kier alpha value is -2.31. The Morgan fingerprint density at radius 3 is 2.95 bits per heavy atom. The highest BCUT2D eigenvalue weighted by atomic mass is 35.5. The molecular formula is C14H9ClN4OS. The van der Waals surface area contributed by atoms with Gasteiger partial charge in [-0.3, -0.25) is 20.1 Å². The summed E-state index contributed by atoms with van der Waals surface area (Å²) in [7, 11) is 0. The summed E-state index contributed by atoms with van der Waals surface area (Å²) in [5, 5.41) is 5.53. The molecule has 1 N–H and O–H groups in total. The van der Waals surface area contributed by atoms with Crippen molar-refractivity contribution in [1.29, 1.82) is 0 Å². The molecule has 0 unspecified atom stereocenters. The maximum atomic E-state index is 12.0. The predicted molar refractivity (Wildman–Crippen MR) is 82.5 cm³/mol. The Morgan fingerprint density at radius 1 is 1.29 bits per heavy atom. The van der Waals surface area contributed by atoms with Gasteiger partial charge in [-0.1, -0.05) is 11.6 Å². The van der Waals surface area contributed by atoms with Gasteiger partial charge in [0.15, 0.2) is 5.13 Å². The van der Waals surface area contributed by atoms with Crippen LogP contribution in [0.5, 0.6) is 0 Å². The van der Waals surface area contributed by atoms with Crippen LogP contribution < -0.4 is 5.32 Å². The number of carbonyl (C=O) groups is 1. The maximum Gasteiger partial charge on any atom is 0.276 e. The van der Waals surface area contributed by atoms with Gasteiger partial charge in [-0.15, -0.1) is 11.3 Å². The average Bonchev–Trinajstić information content (AvgIpc) is 2.97. The lowest BCUT2D eigenvalue weighted by Gasteiger charge is -2.01. The molecule has 0 fully saturated rings. The van der Waals surface area contributed by atoms with Crippen molar-refractivity contribution >= 4 is 34.0 Å². The van der Waals surface area contributed by atoms with Crippen molar-refractivity contribution in [2.75, 3.05) is 5.32 Å². The predicted octanol–water partition coefficient (Wildman–Crippen LogP) is 3.51. The molecule has 21 heavy (non-hydrogen) atoms. The molecule has 3 heterocycles. The fourth-order valence-corrected chi connectivity index (χ4v) is 2.54. The number of rotatable bonds is 3. The minimum atomic E-state index is -0.343. The van der Waals surface area contributed by atoms with Gasteiger partial charge >= 0.3 is 0 Å². The van der Waals surface area contributed by atoms with Crippen LogP contribution in [0.3, 0.4) is 0 Å². The second kappa shape index (κ2) is 5.99. The number of aromatic nitrogens is 3. The van der Waals surface area contributed by atoms with Crippen LogP contribution in [0.1, 0.15) is 10.5 Å². The third-order valence-electron chi connectivity index (χ3n) is 2.64. The maximum absolute atomic E-state index is 12.0. The summed E-state index contributed by atoms with van der Waals surface area (Å²) in [6.07, 6.45) is 4.91. The van der Waals surface area contributed by atoms with Crippen LogP contribution in [0.15, 0.2) is 48.2 Å². The fraction of sp³-hybridized carbons (Fsp3) is 0. The minimum Gasteiger partial charge on any atom is -0.296 e. The zero-order valence-electron chi connectivity index (χ0n) is 10.7. The Bertz CT molecular complexity index is 775. The summed E-state index contributed by atoms with van der Waals surface area (Å²) in [4.78, 5) is 24.4. The molecule has 0 saturated carbocycles. The molecule has 1 amide bonds. The SMILES string of the molecule is O=C(Nc1nc(-c2cccnc2)cs1)c1cc(Cl)ccn1. The standard InChI is InChI=1S/C14H9ClN4OS/c15-10-3-5-17-11(6-10)13(20)19-14-18-12(8-21-14)9-2-1-4-16-7-9/h1-8H,(H,18,19,20). The molecule has 0 aliphatic carbocycles. The second-order valence-electron chi connectivity index (χ2n) is 4.09. The number of thiazole rings is 1. The van der Waals surface area contributed by atoms with E-state index in [4.69, 9.17) is 11.6 Å². The molecule has 3 aromatic heterocycles. The number of hydrogen-bond donors (Lipinski definition) is 1. The first-order valence-electron chi connectivity index (χ1n) is 6.01. The normalized spacial score (nSPS) is 10.3. The van der Waals surface area contributed by atoms with Gasteiger partial charge in [0.05, 0.1) is 5.69 Å². The van der Waals surface area contributed by atoms with Crippen molar-refractivity contribution in [2.45, 2.75) is 0 Å². The number of nitrogens with one attached hydrogen (secondary N) is 1. The average molecular weight is 317 g/mol. The number of halogens is 1. The molecule has 3 aromatic rings. The van der Waals surface area contributed by atoms with Crippen molar-refractivity contribution in [2.24, 2.45) is 0 Å². The lowest BCUT2D eigenvalue weighted by atomic mass is 10.2.